The second-order valence-electron chi connectivity index (χ2n) is 7.36. The summed E-state index contributed by atoms with van der Waals surface area (Å²) in [6.45, 7) is 8.57. The van der Waals surface area contributed by atoms with Crippen LogP contribution in [0, 0.1) is 19.8 Å². The highest BCUT2D eigenvalue weighted by Crippen LogP contribution is 2.33. The predicted octanol–water partition coefficient (Wildman–Crippen LogP) is 4.26. The van der Waals surface area contributed by atoms with Crippen LogP contribution in [0.4, 0.5) is 0 Å². The van der Waals surface area contributed by atoms with E-state index < -0.39 is 0 Å². The largest absolute Gasteiger partial charge is 0.330 e. The topological polar surface area (TPSA) is 29.3 Å². The summed E-state index contributed by atoms with van der Waals surface area (Å²) in [5, 5.41) is 0. The molecule has 1 atom stereocenters. The van der Waals surface area contributed by atoms with Gasteiger partial charge in [-0.2, -0.15) is 0 Å². The number of benzene rings is 2. The van der Waals surface area contributed by atoms with E-state index in [-0.39, 0.29) is 0 Å². The van der Waals surface area contributed by atoms with E-state index in [4.69, 9.17) is 5.73 Å². The fraction of sp³-hybridized carbons (Fsp3) is 0.455. The number of likely N-dealkylation sites (tertiary alicyclic amines) is 1. The van der Waals surface area contributed by atoms with Crippen LogP contribution in [0.2, 0.25) is 0 Å². The van der Waals surface area contributed by atoms with Gasteiger partial charge in [0, 0.05) is 6.54 Å². The van der Waals surface area contributed by atoms with Gasteiger partial charge in [0.15, 0.2) is 0 Å². The fourth-order valence-electron chi connectivity index (χ4n) is 4.18. The highest BCUT2D eigenvalue weighted by Gasteiger charge is 2.27. The third kappa shape index (κ3) is 4.25. The zero-order chi connectivity index (χ0) is 16.9. The van der Waals surface area contributed by atoms with Gasteiger partial charge in [-0.1, -0.05) is 59.7 Å². The molecule has 0 aromatic heterocycles. The Labute approximate surface area is 146 Å². The quantitative estimate of drug-likeness (QED) is 0.891. The highest BCUT2D eigenvalue weighted by atomic mass is 15.1. The van der Waals surface area contributed by atoms with Gasteiger partial charge < -0.3 is 5.73 Å². The Morgan fingerprint density at radius 1 is 1.00 bits per heavy atom. The molecule has 1 fully saturated rings. The Kier molecular flexibility index (Phi) is 5.70. The normalized spacial score (nSPS) is 17.8. The lowest BCUT2D eigenvalue weighted by atomic mass is 9.79. The Morgan fingerprint density at radius 2 is 1.62 bits per heavy atom. The van der Waals surface area contributed by atoms with E-state index in [0.717, 1.165) is 13.1 Å². The van der Waals surface area contributed by atoms with Crippen LogP contribution in [0.3, 0.4) is 0 Å². The lowest BCUT2D eigenvalue weighted by Crippen LogP contribution is -2.36. The van der Waals surface area contributed by atoms with Crippen molar-refractivity contribution < 1.29 is 0 Å². The Bertz CT molecular complexity index is 622. The molecular weight excluding hydrogens is 292 g/mol. The fourth-order valence-corrected chi connectivity index (χ4v) is 4.18. The van der Waals surface area contributed by atoms with Crippen LogP contribution in [-0.4, -0.2) is 24.5 Å². The van der Waals surface area contributed by atoms with E-state index in [1.165, 1.54) is 48.2 Å². The van der Waals surface area contributed by atoms with Crippen molar-refractivity contribution in [2.75, 3.05) is 19.6 Å². The summed E-state index contributed by atoms with van der Waals surface area (Å²) in [6, 6.07) is 17.7. The Morgan fingerprint density at radius 3 is 2.21 bits per heavy atom. The SMILES string of the molecule is Cc1cc(C)cc(C(CN)C2CCN(Cc3ccccc3)CC2)c1. The molecule has 0 aliphatic carbocycles. The van der Waals surface area contributed by atoms with Gasteiger partial charge >= 0.3 is 0 Å². The van der Waals surface area contributed by atoms with Crippen LogP contribution in [0.5, 0.6) is 0 Å². The average Bonchev–Trinajstić information content (AvgIpc) is 2.57. The summed E-state index contributed by atoms with van der Waals surface area (Å²) in [6.07, 6.45) is 2.50. The number of aryl methyl sites for hydroxylation is 2. The van der Waals surface area contributed by atoms with E-state index >= 15 is 0 Å². The van der Waals surface area contributed by atoms with E-state index in [9.17, 15) is 0 Å². The van der Waals surface area contributed by atoms with Crippen LogP contribution >= 0.6 is 0 Å². The summed E-state index contributed by atoms with van der Waals surface area (Å²) >= 11 is 0. The second-order valence-corrected chi connectivity index (χ2v) is 7.36. The van der Waals surface area contributed by atoms with Gasteiger partial charge in [-0.3, -0.25) is 4.90 Å². The van der Waals surface area contributed by atoms with Gasteiger partial charge in [0.1, 0.15) is 0 Å². The van der Waals surface area contributed by atoms with E-state index in [1.54, 1.807) is 0 Å². The first kappa shape index (κ1) is 17.2. The number of hydrogen-bond acceptors (Lipinski definition) is 2. The first-order valence-corrected chi connectivity index (χ1v) is 9.20. The first-order chi connectivity index (χ1) is 11.7. The molecule has 24 heavy (non-hydrogen) atoms. The molecule has 0 radical (unpaired) electrons. The maximum absolute atomic E-state index is 6.18. The minimum atomic E-state index is 0.502. The standard InChI is InChI=1S/C22H30N2/c1-17-12-18(2)14-21(13-17)22(15-23)20-8-10-24(11-9-20)16-19-6-4-3-5-7-19/h3-7,12-14,20,22H,8-11,15-16,23H2,1-2H3. The Hall–Kier alpha value is -1.64. The van der Waals surface area contributed by atoms with Crippen molar-refractivity contribution >= 4 is 0 Å². The highest BCUT2D eigenvalue weighted by molar-refractivity contribution is 5.31. The molecule has 3 rings (SSSR count). The monoisotopic (exact) mass is 322 g/mol. The third-order valence-corrected chi connectivity index (χ3v) is 5.38. The van der Waals surface area contributed by atoms with Crippen molar-refractivity contribution in [1.29, 1.82) is 0 Å². The van der Waals surface area contributed by atoms with E-state index in [0.29, 0.717) is 11.8 Å². The van der Waals surface area contributed by atoms with E-state index in [1.807, 2.05) is 0 Å². The minimum absolute atomic E-state index is 0.502. The van der Waals surface area contributed by atoms with Crippen LogP contribution in [-0.2, 0) is 6.54 Å². The van der Waals surface area contributed by atoms with E-state index in [2.05, 4.69) is 67.3 Å². The van der Waals surface area contributed by atoms with Crippen LogP contribution in [0.25, 0.3) is 0 Å². The number of nitrogens with zero attached hydrogens (tertiary/aromatic N) is 1. The average molecular weight is 322 g/mol. The van der Waals surface area contributed by atoms with Gasteiger partial charge in [-0.15, -0.1) is 0 Å². The maximum Gasteiger partial charge on any atom is 0.0233 e. The molecule has 0 saturated carbocycles. The van der Waals surface area contributed by atoms with Crippen molar-refractivity contribution in [3.05, 3.63) is 70.8 Å². The van der Waals surface area contributed by atoms with Crippen molar-refractivity contribution in [3.63, 3.8) is 0 Å². The summed E-state index contributed by atoms with van der Waals surface area (Å²) in [4.78, 5) is 2.58. The summed E-state index contributed by atoms with van der Waals surface area (Å²) in [7, 11) is 0. The summed E-state index contributed by atoms with van der Waals surface area (Å²) in [5.41, 5.74) is 11.7. The van der Waals surface area contributed by atoms with Crippen molar-refractivity contribution in [3.8, 4) is 0 Å². The first-order valence-electron chi connectivity index (χ1n) is 9.20. The number of nitrogens with two attached hydrogens (primary N) is 1. The number of hydrogen-bond donors (Lipinski definition) is 1. The number of rotatable bonds is 5. The molecule has 2 aromatic carbocycles. The van der Waals surface area contributed by atoms with Gasteiger partial charge in [0.25, 0.3) is 0 Å². The van der Waals surface area contributed by atoms with Crippen molar-refractivity contribution in [1.82, 2.24) is 4.90 Å². The molecule has 2 aromatic rings. The van der Waals surface area contributed by atoms with Crippen LogP contribution in [0.15, 0.2) is 48.5 Å². The summed E-state index contributed by atoms with van der Waals surface area (Å²) in [5.74, 6) is 1.21. The zero-order valence-electron chi connectivity index (χ0n) is 15.0. The molecule has 1 aliphatic heterocycles. The molecule has 1 aliphatic rings. The molecule has 128 valence electrons. The lowest BCUT2D eigenvalue weighted by molar-refractivity contribution is 0.162. The molecule has 0 bridgehead atoms. The summed E-state index contributed by atoms with van der Waals surface area (Å²) < 4.78 is 0. The maximum atomic E-state index is 6.18. The molecule has 1 heterocycles. The molecule has 0 amide bonds. The molecule has 1 unspecified atom stereocenters. The van der Waals surface area contributed by atoms with Gasteiger partial charge in [-0.05, 0) is 69.3 Å². The van der Waals surface area contributed by atoms with Crippen LogP contribution < -0.4 is 5.73 Å². The third-order valence-electron chi connectivity index (χ3n) is 5.38. The molecule has 1 saturated heterocycles. The smallest absolute Gasteiger partial charge is 0.0233 e. The predicted molar refractivity (Wildman–Crippen MR) is 102 cm³/mol. The van der Waals surface area contributed by atoms with Crippen molar-refractivity contribution in [2.24, 2.45) is 11.7 Å². The van der Waals surface area contributed by atoms with Crippen LogP contribution in [0.1, 0.15) is 41.0 Å². The van der Waals surface area contributed by atoms with Gasteiger partial charge in [-0.25, -0.2) is 0 Å². The van der Waals surface area contributed by atoms with Gasteiger partial charge in [0.05, 0.1) is 0 Å². The molecule has 0 spiro atoms. The molecule has 2 nitrogen and oxygen atoms in total. The van der Waals surface area contributed by atoms with Crippen molar-refractivity contribution in [2.45, 2.75) is 39.2 Å². The Balaban J connectivity index is 1.62. The minimum Gasteiger partial charge on any atom is -0.330 e. The second kappa shape index (κ2) is 7.96. The zero-order valence-corrected chi connectivity index (χ0v) is 15.0. The molecular formula is C22H30N2. The lowest BCUT2D eigenvalue weighted by Gasteiger charge is -2.36. The molecule has 2 heteroatoms. The number of piperidine rings is 1. The molecule has 2 N–H and O–H groups in total. The van der Waals surface area contributed by atoms with Gasteiger partial charge in [0.2, 0.25) is 0 Å².